The molecule has 6 heteroatoms. The molecule has 0 fully saturated rings. The molecule has 1 aromatic carbocycles. The molecule has 110 valence electrons. The van der Waals surface area contributed by atoms with Crippen molar-refractivity contribution in [3.05, 3.63) is 39.9 Å². The number of aliphatic carboxylic acids is 1. The molecule has 1 unspecified atom stereocenters. The number of non-ortho nitro benzene ring substituents is 1. The Morgan fingerprint density at radius 2 is 2.05 bits per heavy atom. The van der Waals surface area contributed by atoms with Crippen molar-refractivity contribution in [2.24, 2.45) is 0 Å². The number of nitro groups is 1. The molecule has 0 radical (unpaired) electrons. The summed E-state index contributed by atoms with van der Waals surface area (Å²) < 4.78 is 0. The van der Waals surface area contributed by atoms with Crippen LogP contribution in [0.1, 0.15) is 31.7 Å². The molecule has 20 heavy (non-hydrogen) atoms. The second kappa shape index (κ2) is 8.27. The summed E-state index contributed by atoms with van der Waals surface area (Å²) in [4.78, 5) is 21.1. The highest BCUT2D eigenvalue weighted by atomic mass is 16.6. The van der Waals surface area contributed by atoms with Gasteiger partial charge in [-0.05, 0) is 24.9 Å². The Morgan fingerprint density at radius 3 is 2.55 bits per heavy atom. The summed E-state index contributed by atoms with van der Waals surface area (Å²) in [5.41, 5.74) is 1.01. The molecule has 1 rings (SSSR count). The van der Waals surface area contributed by atoms with Gasteiger partial charge in [-0.15, -0.1) is 0 Å². The molecule has 6 nitrogen and oxygen atoms in total. The molecule has 0 bridgehead atoms. The summed E-state index contributed by atoms with van der Waals surface area (Å²) in [6.45, 7) is 2.56. The molecule has 1 atom stereocenters. The molecule has 0 heterocycles. The van der Waals surface area contributed by atoms with E-state index in [9.17, 15) is 14.9 Å². The molecular weight excluding hydrogens is 260 g/mol. The van der Waals surface area contributed by atoms with Crippen molar-refractivity contribution in [2.45, 2.75) is 38.6 Å². The highest BCUT2D eigenvalue weighted by molar-refractivity contribution is 5.73. The Hall–Kier alpha value is -1.95. The highest BCUT2D eigenvalue weighted by Crippen LogP contribution is 2.12. The van der Waals surface area contributed by atoms with E-state index in [1.807, 2.05) is 6.92 Å². The second-order valence-electron chi connectivity index (χ2n) is 4.66. The van der Waals surface area contributed by atoms with Crippen LogP contribution < -0.4 is 5.32 Å². The van der Waals surface area contributed by atoms with Crippen LogP contribution in [0, 0.1) is 10.1 Å². The van der Waals surface area contributed by atoms with Crippen LogP contribution in [0.25, 0.3) is 0 Å². The lowest BCUT2D eigenvalue weighted by atomic mass is 10.1. The van der Waals surface area contributed by atoms with Crippen LogP contribution >= 0.6 is 0 Å². The van der Waals surface area contributed by atoms with Crippen molar-refractivity contribution in [2.75, 3.05) is 6.54 Å². The predicted octanol–water partition coefficient (Wildman–Crippen LogP) is 2.37. The van der Waals surface area contributed by atoms with E-state index in [0.29, 0.717) is 19.4 Å². The van der Waals surface area contributed by atoms with Crippen molar-refractivity contribution in [3.8, 4) is 0 Å². The lowest BCUT2D eigenvalue weighted by Crippen LogP contribution is -2.37. The molecule has 0 saturated heterocycles. The minimum absolute atomic E-state index is 0.0630. The number of nitrogens with zero attached hydrogens (tertiary/aromatic N) is 1. The van der Waals surface area contributed by atoms with Crippen LogP contribution in [0.4, 0.5) is 5.69 Å². The lowest BCUT2D eigenvalue weighted by Gasteiger charge is -2.13. The number of benzene rings is 1. The third-order valence-corrected chi connectivity index (χ3v) is 3.10. The summed E-state index contributed by atoms with van der Waals surface area (Å²) in [7, 11) is 0. The fourth-order valence-electron chi connectivity index (χ4n) is 1.90. The van der Waals surface area contributed by atoms with Crippen LogP contribution in [-0.4, -0.2) is 28.6 Å². The van der Waals surface area contributed by atoms with Gasteiger partial charge < -0.3 is 10.4 Å². The summed E-state index contributed by atoms with van der Waals surface area (Å²) in [5, 5.41) is 22.6. The van der Waals surface area contributed by atoms with E-state index in [0.717, 1.165) is 18.4 Å². The number of carbonyl (C=O) groups is 1. The molecular formula is C14H20N2O4. The average molecular weight is 280 g/mol. The van der Waals surface area contributed by atoms with E-state index in [1.54, 1.807) is 12.1 Å². The summed E-state index contributed by atoms with van der Waals surface area (Å²) in [5.74, 6) is -0.831. The maximum atomic E-state index is 11.0. The number of rotatable bonds is 9. The SMILES string of the molecule is CCCCC(NCCc1ccc([N+](=O)[O-])cc1)C(=O)O. The van der Waals surface area contributed by atoms with Crippen LogP contribution in [0.2, 0.25) is 0 Å². The molecule has 0 aromatic heterocycles. The summed E-state index contributed by atoms with van der Waals surface area (Å²) >= 11 is 0. The Balaban J connectivity index is 2.42. The molecule has 0 saturated carbocycles. The first kappa shape index (κ1) is 16.1. The summed E-state index contributed by atoms with van der Waals surface area (Å²) in [6.07, 6.45) is 3.11. The zero-order valence-electron chi connectivity index (χ0n) is 11.5. The number of hydrogen-bond acceptors (Lipinski definition) is 4. The fraction of sp³-hybridized carbons (Fsp3) is 0.500. The highest BCUT2D eigenvalue weighted by Gasteiger charge is 2.15. The number of carboxylic acid groups (broad SMARTS) is 1. The number of unbranched alkanes of at least 4 members (excludes halogenated alkanes) is 1. The van der Waals surface area contributed by atoms with Gasteiger partial charge in [0.15, 0.2) is 0 Å². The van der Waals surface area contributed by atoms with Gasteiger partial charge in [0, 0.05) is 12.1 Å². The molecule has 2 N–H and O–H groups in total. The molecule has 0 aliphatic rings. The van der Waals surface area contributed by atoms with E-state index in [4.69, 9.17) is 5.11 Å². The van der Waals surface area contributed by atoms with Crippen LogP contribution in [0.15, 0.2) is 24.3 Å². The van der Waals surface area contributed by atoms with Crippen molar-refractivity contribution < 1.29 is 14.8 Å². The molecule has 0 aliphatic carbocycles. The second-order valence-corrected chi connectivity index (χ2v) is 4.66. The van der Waals surface area contributed by atoms with Gasteiger partial charge in [0.2, 0.25) is 0 Å². The first-order valence-electron chi connectivity index (χ1n) is 6.74. The quantitative estimate of drug-likeness (QED) is 0.535. The summed E-state index contributed by atoms with van der Waals surface area (Å²) in [6, 6.07) is 5.79. The Morgan fingerprint density at radius 1 is 1.40 bits per heavy atom. The van der Waals surface area contributed by atoms with Crippen LogP contribution in [0.3, 0.4) is 0 Å². The number of carboxylic acids is 1. The Labute approximate surface area is 118 Å². The van der Waals surface area contributed by atoms with E-state index >= 15 is 0 Å². The zero-order valence-corrected chi connectivity index (χ0v) is 11.5. The van der Waals surface area contributed by atoms with Crippen molar-refractivity contribution >= 4 is 11.7 Å². The maximum absolute atomic E-state index is 11.0. The van der Waals surface area contributed by atoms with Crippen LogP contribution in [-0.2, 0) is 11.2 Å². The predicted molar refractivity (Wildman–Crippen MR) is 75.8 cm³/mol. The van der Waals surface area contributed by atoms with Crippen molar-refractivity contribution in [3.63, 3.8) is 0 Å². The molecule has 1 aromatic rings. The third kappa shape index (κ3) is 5.36. The van der Waals surface area contributed by atoms with Gasteiger partial charge >= 0.3 is 5.97 Å². The van der Waals surface area contributed by atoms with E-state index < -0.39 is 16.9 Å². The number of nitro benzene ring substituents is 1. The Bertz CT molecular complexity index is 445. The van der Waals surface area contributed by atoms with E-state index in [1.165, 1.54) is 12.1 Å². The van der Waals surface area contributed by atoms with Crippen molar-refractivity contribution in [1.82, 2.24) is 5.32 Å². The Kier molecular flexibility index (Phi) is 6.66. The molecule has 0 aliphatic heterocycles. The van der Waals surface area contributed by atoms with Gasteiger partial charge in [0.1, 0.15) is 6.04 Å². The van der Waals surface area contributed by atoms with Gasteiger partial charge in [-0.3, -0.25) is 14.9 Å². The standard InChI is InChI=1S/C14H20N2O4/c1-2-3-4-13(14(17)18)15-10-9-11-5-7-12(8-6-11)16(19)20/h5-8,13,15H,2-4,9-10H2,1H3,(H,17,18). The van der Waals surface area contributed by atoms with Gasteiger partial charge in [0.25, 0.3) is 5.69 Å². The monoisotopic (exact) mass is 280 g/mol. The maximum Gasteiger partial charge on any atom is 0.320 e. The van der Waals surface area contributed by atoms with Crippen molar-refractivity contribution in [1.29, 1.82) is 0 Å². The smallest absolute Gasteiger partial charge is 0.320 e. The average Bonchev–Trinajstić information content (AvgIpc) is 2.42. The molecule has 0 spiro atoms. The topological polar surface area (TPSA) is 92.5 Å². The van der Waals surface area contributed by atoms with Gasteiger partial charge in [0.05, 0.1) is 4.92 Å². The normalized spacial score (nSPS) is 12.1. The minimum Gasteiger partial charge on any atom is -0.480 e. The number of nitrogens with one attached hydrogen (secondary N) is 1. The lowest BCUT2D eigenvalue weighted by molar-refractivity contribution is -0.384. The van der Waals surface area contributed by atoms with E-state index in [2.05, 4.69) is 5.32 Å². The zero-order chi connectivity index (χ0) is 15.0. The van der Waals surface area contributed by atoms with Gasteiger partial charge in [-0.2, -0.15) is 0 Å². The number of hydrogen-bond donors (Lipinski definition) is 2. The van der Waals surface area contributed by atoms with Gasteiger partial charge in [-0.25, -0.2) is 0 Å². The molecule has 0 amide bonds. The first-order valence-corrected chi connectivity index (χ1v) is 6.74. The fourth-order valence-corrected chi connectivity index (χ4v) is 1.90. The first-order chi connectivity index (χ1) is 9.54. The minimum atomic E-state index is -0.831. The van der Waals surface area contributed by atoms with Gasteiger partial charge in [-0.1, -0.05) is 31.9 Å². The van der Waals surface area contributed by atoms with E-state index in [-0.39, 0.29) is 5.69 Å². The van der Waals surface area contributed by atoms with Crippen LogP contribution in [0.5, 0.6) is 0 Å². The third-order valence-electron chi connectivity index (χ3n) is 3.10. The largest absolute Gasteiger partial charge is 0.480 e.